The van der Waals surface area contributed by atoms with Gasteiger partial charge in [-0.2, -0.15) is 0 Å². The van der Waals surface area contributed by atoms with Crippen molar-refractivity contribution in [3.8, 4) is 11.5 Å². The van der Waals surface area contributed by atoms with Crippen LogP contribution in [0.3, 0.4) is 0 Å². The zero-order valence-electron chi connectivity index (χ0n) is 14.4. The number of carbonyl (C=O) groups is 1. The summed E-state index contributed by atoms with van der Waals surface area (Å²) in [5.41, 5.74) is 2.29. The molecule has 2 heterocycles. The van der Waals surface area contributed by atoms with Gasteiger partial charge in [0.25, 0.3) is 0 Å². The number of piperidine rings is 1. The summed E-state index contributed by atoms with van der Waals surface area (Å²) in [4.78, 5) is 15.1. The summed E-state index contributed by atoms with van der Waals surface area (Å²) in [7, 11) is 3.86. The molecule has 4 heteroatoms. The molecule has 1 saturated heterocycles. The maximum Gasteiger partial charge on any atom is 0.174 e. The van der Waals surface area contributed by atoms with Crippen molar-refractivity contribution in [2.45, 2.75) is 50.7 Å². The summed E-state index contributed by atoms with van der Waals surface area (Å²) in [6.07, 6.45) is 2.24. The number of nitrogens with zero attached hydrogens (tertiary/aromatic N) is 1. The van der Waals surface area contributed by atoms with Crippen LogP contribution in [0.25, 0.3) is 0 Å². The quantitative estimate of drug-likeness (QED) is 0.799. The number of hydrogen-bond donors (Lipinski definition) is 0. The van der Waals surface area contributed by atoms with E-state index in [1.165, 1.54) is 11.1 Å². The van der Waals surface area contributed by atoms with Crippen LogP contribution in [-0.4, -0.2) is 43.5 Å². The highest BCUT2D eigenvalue weighted by Gasteiger charge is 2.62. The predicted molar refractivity (Wildman–Crippen MR) is 88.3 cm³/mol. The molecule has 1 aromatic carbocycles. The van der Waals surface area contributed by atoms with E-state index in [0.29, 0.717) is 18.4 Å². The Morgan fingerprint density at radius 1 is 1.39 bits per heavy atom. The zero-order chi connectivity index (χ0) is 16.4. The van der Waals surface area contributed by atoms with Crippen molar-refractivity contribution in [3.05, 3.63) is 23.3 Å². The standard InChI is InChI=1S/C19H25NO3/c1-11-5-8-15(22-4)17-16(11)19-9-10-20(3)12(2)13(19)6-7-14(21)18(19)23-17/h5,8,12-13,18H,6-7,9-10H2,1-4H3. The highest BCUT2D eigenvalue weighted by atomic mass is 16.5. The zero-order valence-corrected chi connectivity index (χ0v) is 14.4. The number of fused-ring (bicyclic) bond motifs is 1. The van der Waals surface area contributed by atoms with Crippen LogP contribution >= 0.6 is 0 Å². The van der Waals surface area contributed by atoms with Gasteiger partial charge < -0.3 is 14.4 Å². The number of hydrogen-bond acceptors (Lipinski definition) is 4. The van der Waals surface area contributed by atoms with Gasteiger partial charge in [-0.3, -0.25) is 4.79 Å². The maximum atomic E-state index is 12.7. The molecule has 4 rings (SSSR count). The van der Waals surface area contributed by atoms with E-state index >= 15 is 0 Å². The lowest BCUT2D eigenvalue weighted by Gasteiger charge is -2.53. The first-order valence-corrected chi connectivity index (χ1v) is 8.58. The molecule has 0 N–H and O–H groups in total. The first kappa shape index (κ1) is 15.0. The molecule has 4 nitrogen and oxygen atoms in total. The largest absolute Gasteiger partial charge is 0.493 e. The summed E-state index contributed by atoms with van der Waals surface area (Å²) < 4.78 is 11.8. The van der Waals surface area contributed by atoms with Gasteiger partial charge in [-0.15, -0.1) is 0 Å². The average Bonchev–Trinajstić information content (AvgIpc) is 2.89. The molecule has 1 saturated carbocycles. The molecule has 4 unspecified atom stereocenters. The number of benzene rings is 1. The number of ether oxygens (including phenoxy) is 2. The van der Waals surface area contributed by atoms with E-state index in [0.717, 1.165) is 30.9 Å². The van der Waals surface area contributed by atoms with Crippen LogP contribution in [0.2, 0.25) is 0 Å². The van der Waals surface area contributed by atoms with E-state index in [-0.39, 0.29) is 17.3 Å². The molecule has 23 heavy (non-hydrogen) atoms. The van der Waals surface area contributed by atoms with E-state index < -0.39 is 0 Å². The molecule has 3 aliphatic rings. The molecule has 2 fully saturated rings. The smallest absolute Gasteiger partial charge is 0.174 e. The van der Waals surface area contributed by atoms with E-state index in [1.54, 1.807) is 7.11 Å². The maximum absolute atomic E-state index is 12.7. The van der Waals surface area contributed by atoms with E-state index in [1.807, 2.05) is 6.07 Å². The van der Waals surface area contributed by atoms with Gasteiger partial charge in [0.15, 0.2) is 23.4 Å². The van der Waals surface area contributed by atoms with Crippen LogP contribution in [0, 0.1) is 12.8 Å². The van der Waals surface area contributed by atoms with Gasteiger partial charge in [0.1, 0.15) is 0 Å². The van der Waals surface area contributed by atoms with Crippen molar-refractivity contribution < 1.29 is 14.3 Å². The summed E-state index contributed by atoms with van der Waals surface area (Å²) >= 11 is 0. The van der Waals surface area contributed by atoms with Crippen LogP contribution in [0.4, 0.5) is 0 Å². The molecule has 0 bridgehead atoms. The molecular formula is C19H25NO3. The van der Waals surface area contributed by atoms with Crippen molar-refractivity contribution in [1.82, 2.24) is 4.90 Å². The monoisotopic (exact) mass is 315 g/mol. The van der Waals surface area contributed by atoms with Gasteiger partial charge in [0, 0.05) is 23.4 Å². The molecule has 2 aliphatic heterocycles. The van der Waals surface area contributed by atoms with Crippen molar-refractivity contribution in [1.29, 1.82) is 0 Å². The van der Waals surface area contributed by atoms with Crippen molar-refractivity contribution in [2.24, 2.45) is 5.92 Å². The van der Waals surface area contributed by atoms with E-state index in [4.69, 9.17) is 9.47 Å². The minimum absolute atomic E-state index is 0.171. The Morgan fingerprint density at radius 3 is 2.91 bits per heavy atom. The van der Waals surface area contributed by atoms with Gasteiger partial charge >= 0.3 is 0 Å². The van der Waals surface area contributed by atoms with Crippen LogP contribution in [-0.2, 0) is 10.2 Å². The summed E-state index contributed by atoms with van der Waals surface area (Å²) in [5.74, 6) is 2.29. The average molecular weight is 315 g/mol. The number of rotatable bonds is 1. The lowest BCUT2D eigenvalue weighted by atomic mass is 9.55. The fourth-order valence-corrected chi connectivity index (χ4v) is 5.28. The molecule has 1 aromatic rings. The molecule has 0 amide bonds. The third-order valence-corrected chi connectivity index (χ3v) is 6.53. The lowest BCUT2D eigenvalue weighted by Crippen LogP contribution is -2.62. The minimum Gasteiger partial charge on any atom is -0.493 e. The Morgan fingerprint density at radius 2 is 2.17 bits per heavy atom. The molecule has 1 spiro atoms. The number of aryl methyl sites for hydroxylation is 1. The molecule has 0 radical (unpaired) electrons. The Kier molecular flexibility index (Phi) is 3.24. The molecular weight excluding hydrogens is 290 g/mol. The number of likely N-dealkylation sites (tertiary alicyclic amines) is 1. The molecule has 0 aromatic heterocycles. The summed E-state index contributed by atoms with van der Waals surface area (Å²) in [6.45, 7) is 5.44. The fraction of sp³-hybridized carbons (Fsp3) is 0.632. The second kappa shape index (κ2) is 4.97. The molecule has 124 valence electrons. The van der Waals surface area contributed by atoms with Gasteiger partial charge in [0.05, 0.1) is 7.11 Å². The molecule has 1 aliphatic carbocycles. The van der Waals surface area contributed by atoms with E-state index in [2.05, 4.69) is 31.9 Å². The number of carbonyl (C=O) groups excluding carboxylic acids is 1. The van der Waals surface area contributed by atoms with Crippen LogP contribution in [0.5, 0.6) is 11.5 Å². The van der Waals surface area contributed by atoms with Crippen molar-refractivity contribution >= 4 is 5.78 Å². The Hall–Kier alpha value is -1.55. The van der Waals surface area contributed by atoms with Crippen LogP contribution in [0.1, 0.15) is 37.3 Å². The number of Topliss-reactive ketones (excluding diaryl/α,β-unsaturated/α-hetero) is 1. The summed E-state index contributed by atoms with van der Waals surface area (Å²) in [5, 5.41) is 0. The Labute approximate surface area is 137 Å². The third-order valence-electron chi connectivity index (χ3n) is 6.53. The van der Waals surface area contributed by atoms with Gasteiger partial charge in [-0.25, -0.2) is 0 Å². The van der Waals surface area contributed by atoms with Gasteiger partial charge in [0.2, 0.25) is 0 Å². The van der Waals surface area contributed by atoms with Gasteiger partial charge in [-0.1, -0.05) is 6.07 Å². The Bertz CT molecular complexity index is 671. The fourth-order valence-electron chi connectivity index (χ4n) is 5.28. The highest BCUT2D eigenvalue weighted by Crippen LogP contribution is 2.60. The predicted octanol–water partition coefficient (Wildman–Crippen LogP) is 2.71. The van der Waals surface area contributed by atoms with Crippen molar-refractivity contribution in [2.75, 3.05) is 20.7 Å². The second-order valence-electron chi connectivity index (χ2n) is 7.41. The number of methoxy groups -OCH3 is 1. The molecule has 4 atom stereocenters. The minimum atomic E-state index is -0.331. The van der Waals surface area contributed by atoms with Crippen molar-refractivity contribution in [3.63, 3.8) is 0 Å². The third kappa shape index (κ3) is 1.78. The highest BCUT2D eigenvalue weighted by molar-refractivity contribution is 5.88. The number of ketones is 1. The first-order valence-electron chi connectivity index (χ1n) is 8.58. The van der Waals surface area contributed by atoms with Crippen LogP contribution in [0.15, 0.2) is 12.1 Å². The topological polar surface area (TPSA) is 38.8 Å². The van der Waals surface area contributed by atoms with Crippen LogP contribution < -0.4 is 9.47 Å². The normalized spacial score (nSPS) is 36.0. The second-order valence-corrected chi connectivity index (χ2v) is 7.41. The lowest BCUT2D eigenvalue weighted by molar-refractivity contribution is -0.137. The van der Waals surface area contributed by atoms with Gasteiger partial charge in [-0.05, 0) is 57.8 Å². The summed E-state index contributed by atoms with van der Waals surface area (Å²) in [6, 6.07) is 4.52. The van der Waals surface area contributed by atoms with E-state index in [9.17, 15) is 4.79 Å². The Balaban J connectivity index is 1.96. The SMILES string of the molecule is COc1ccc(C)c2c1OC1C(=O)CCC3C(C)N(C)CCC213. The first-order chi connectivity index (χ1) is 11.0.